The molecule has 0 aliphatic carbocycles. The summed E-state index contributed by atoms with van der Waals surface area (Å²) in [6, 6.07) is 14.4. The summed E-state index contributed by atoms with van der Waals surface area (Å²) in [6.45, 7) is 2.70. The van der Waals surface area contributed by atoms with Crippen LogP contribution >= 0.6 is 0 Å². The Kier molecular flexibility index (Phi) is 4.93. The van der Waals surface area contributed by atoms with E-state index in [9.17, 15) is 4.79 Å². The summed E-state index contributed by atoms with van der Waals surface area (Å²) in [5.74, 6) is 0.867. The first kappa shape index (κ1) is 15.6. The highest BCUT2D eigenvalue weighted by Gasteiger charge is 2.15. The van der Waals surface area contributed by atoms with Crippen molar-refractivity contribution >= 4 is 5.97 Å². The average Bonchev–Trinajstić information content (AvgIpc) is 2.56. The van der Waals surface area contributed by atoms with E-state index in [2.05, 4.69) is 0 Å². The lowest BCUT2D eigenvalue weighted by atomic mass is 10.2. The minimum absolute atomic E-state index is 0.186. The zero-order valence-electron chi connectivity index (χ0n) is 13.2. The molecule has 1 heterocycles. The standard InChI is InChI=1S/C19H20O4/c1-14-5-4-6-17(13-14)23-19(20)15-8-10-16(11-9-15)22-18-7-2-3-12-21-18/h4-6,8-11,13,18H,2-3,7,12H2,1H3. The molecule has 0 bridgehead atoms. The maximum absolute atomic E-state index is 12.1. The number of rotatable bonds is 4. The highest BCUT2D eigenvalue weighted by molar-refractivity contribution is 5.91. The monoisotopic (exact) mass is 312 g/mol. The molecule has 0 saturated carbocycles. The van der Waals surface area contributed by atoms with Crippen LogP contribution < -0.4 is 9.47 Å². The van der Waals surface area contributed by atoms with Crippen LogP contribution in [0.2, 0.25) is 0 Å². The summed E-state index contributed by atoms with van der Waals surface area (Å²) in [7, 11) is 0. The fourth-order valence-electron chi connectivity index (χ4n) is 2.47. The van der Waals surface area contributed by atoms with Gasteiger partial charge in [0.1, 0.15) is 11.5 Å². The van der Waals surface area contributed by atoms with E-state index in [4.69, 9.17) is 14.2 Å². The summed E-state index contributed by atoms with van der Waals surface area (Å²) >= 11 is 0. The highest BCUT2D eigenvalue weighted by atomic mass is 16.7. The Morgan fingerprint density at radius 3 is 2.61 bits per heavy atom. The molecule has 1 fully saturated rings. The molecule has 1 unspecified atom stereocenters. The highest BCUT2D eigenvalue weighted by Crippen LogP contribution is 2.20. The number of carbonyl (C=O) groups excluding carboxylic acids is 1. The van der Waals surface area contributed by atoms with Crippen LogP contribution in [0.3, 0.4) is 0 Å². The smallest absolute Gasteiger partial charge is 0.343 e. The van der Waals surface area contributed by atoms with Gasteiger partial charge in [0, 0.05) is 6.42 Å². The van der Waals surface area contributed by atoms with Crippen molar-refractivity contribution < 1.29 is 19.0 Å². The van der Waals surface area contributed by atoms with Crippen LogP contribution in [0.1, 0.15) is 35.2 Å². The quantitative estimate of drug-likeness (QED) is 0.629. The SMILES string of the molecule is Cc1cccc(OC(=O)c2ccc(OC3CCCCO3)cc2)c1. The fourth-order valence-corrected chi connectivity index (χ4v) is 2.47. The first-order chi connectivity index (χ1) is 11.2. The molecule has 1 aliphatic rings. The third-order valence-electron chi connectivity index (χ3n) is 3.70. The van der Waals surface area contributed by atoms with Crippen molar-refractivity contribution in [1.82, 2.24) is 0 Å². The van der Waals surface area contributed by atoms with Gasteiger partial charge in [-0.25, -0.2) is 4.79 Å². The summed E-state index contributed by atoms with van der Waals surface area (Å²) < 4.78 is 16.7. The average molecular weight is 312 g/mol. The van der Waals surface area contributed by atoms with Crippen molar-refractivity contribution in [2.75, 3.05) is 6.61 Å². The largest absolute Gasteiger partial charge is 0.465 e. The van der Waals surface area contributed by atoms with Gasteiger partial charge in [0.15, 0.2) is 6.29 Å². The second-order valence-electron chi connectivity index (χ2n) is 5.64. The number of hydrogen-bond acceptors (Lipinski definition) is 4. The normalized spacial score (nSPS) is 17.5. The number of esters is 1. The van der Waals surface area contributed by atoms with E-state index >= 15 is 0 Å². The first-order valence-corrected chi connectivity index (χ1v) is 7.88. The van der Waals surface area contributed by atoms with E-state index in [1.165, 1.54) is 0 Å². The molecule has 23 heavy (non-hydrogen) atoms. The molecule has 0 aromatic heterocycles. The Morgan fingerprint density at radius 2 is 1.91 bits per heavy atom. The maximum atomic E-state index is 12.1. The van der Waals surface area contributed by atoms with Crippen molar-refractivity contribution in [3.63, 3.8) is 0 Å². The summed E-state index contributed by atoms with van der Waals surface area (Å²) in [4.78, 5) is 12.1. The van der Waals surface area contributed by atoms with Gasteiger partial charge in [-0.3, -0.25) is 0 Å². The van der Waals surface area contributed by atoms with Crippen LogP contribution in [0.4, 0.5) is 0 Å². The van der Waals surface area contributed by atoms with Crippen molar-refractivity contribution in [1.29, 1.82) is 0 Å². The van der Waals surface area contributed by atoms with Gasteiger partial charge in [0.05, 0.1) is 12.2 Å². The molecule has 0 amide bonds. The van der Waals surface area contributed by atoms with Crippen LogP contribution in [-0.2, 0) is 4.74 Å². The van der Waals surface area contributed by atoms with Gasteiger partial charge in [-0.2, -0.15) is 0 Å². The second-order valence-corrected chi connectivity index (χ2v) is 5.64. The van der Waals surface area contributed by atoms with Crippen LogP contribution in [0, 0.1) is 6.92 Å². The van der Waals surface area contributed by atoms with Crippen LogP contribution in [0.25, 0.3) is 0 Å². The van der Waals surface area contributed by atoms with Crippen molar-refractivity contribution in [2.24, 2.45) is 0 Å². The summed E-state index contributed by atoms with van der Waals surface area (Å²) in [6.07, 6.45) is 2.92. The molecule has 0 N–H and O–H groups in total. The number of ether oxygens (including phenoxy) is 3. The molecule has 4 heteroatoms. The molecule has 1 saturated heterocycles. The van der Waals surface area contributed by atoms with E-state index in [0.29, 0.717) is 17.1 Å². The first-order valence-electron chi connectivity index (χ1n) is 7.88. The van der Waals surface area contributed by atoms with Gasteiger partial charge in [-0.1, -0.05) is 12.1 Å². The molecule has 120 valence electrons. The van der Waals surface area contributed by atoms with Crippen molar-refractivity contribution in [2.45, 2.75) is 32.5 Å². The molecular formula is C19H20O4. The van der Waals surface area contributed by atoms with Gasteiger partial charge < -0.3 is 14.2 Å². The van der Waals surface area contributed by atoms with Crippen LogP contribution in [0.15, 0.2) is 48.5 Å². The van der Waals surface area contributed by atoms with E-state index in [-0.39, 0.29) is 12.3 Å². The molecule has 1 aliphatic heterocycles. The molecule has 0 radical (unpaired) electrons. The Balaban J connectivity index is 1.60. The van der Waals surface area contributed by atoms with Gasteiger partial charge >= 0.3 is 5.97 Å². The topological polar surface area (TPSA) is 44.8 Å². The Bertz CT molecular complexity index is 657. The lowest BCUT2D eigenvalue weighted by molar-refractivity contribution is -0.105. The third-order valence-corrected chi connectivity index (χ3v) is 3.70. The molecule has 2 aromatic rings. The zero-order chi connectivity index (χ0) is 16.1. The van der Waals surface area contributed by atoms with Crippen molar-refractivity contribution in [3.05, 3.63) is 59.7 Å². The zero-order valence-corrected chi connectivity index (χ0v) is 13.2. The van der Waals surface area contributed by atoms with E-state index in [1.54, 1.807) is 30.3 Å². The minimum atomic E-state index is -0.379. The molecule has 4 nitrogen and oxygen atoms in total. The maximum Gasteiger partial charge on any atom is 0.343 e. The minimum Gasteiger partial charge on any atom is -0.465 e. The number of carbonyl (C=O) groups is 1. The van der Waals surface area contributed by atoms with E-state index in [0.717, 1.165) is 31.4 Å². The summed E-state index contributed by atoms with van der Waals surface area (Å²) in [5, 5.41) is 0. The lowest BCUT2D eigenvalue weighted by Gasteiger charge is -2.23. The number of aryl methyl sites for hydroxylation is 1. The Morgan fingerprint density at radius 1 is 1.09 bits per heavy atom. The van der Waals surface area contributed by atoms with Crippen LogP contribution in [-0.4, -0.2) is 18.9 Å². The summed E-state index contributed by atoms with van der Waals surface area (Å²) in [5.41, 5.74) is 1.54. The Hall–Kier alpha value is -2.33. The van der Waals surface area contributed by atoms with Gasteiger partial charge in [0.2, 0.25) is 0 Å². The van der Waals surface area contributed by atoms with E-state index < -0.39 is 0 Å². The number of hydrogen-bond donors (Lipinski definition) is 0. The van der Waals surface area contributed by atoms with E-state index in [1.807, 2.05) is 25.1 Å². The second kappa shape index (κ2) is 7.29. The van der Waals surface area contributed by atoms with Crippen LogP contribution in [0.5, 0.6) is 11.5 Å². The lowest BCUT2D eigenvalue weighted by Crippen LogP contribution is -2.24. The van der Waals surface area contributed by atoms with Crippen molar-refractivity contribution in [3.8, 4) is 11.5 Å². The molecule has 3 rings (SSSR count). The third kappa shape index (κ3) is 4.33. The molecular weight excluding hydrogens is 292 g/mol. The fraction of sp³-hybridized carbons (Fsp3) is 0.316. The predicted molar refractivity (Wildman–Crippen MR) is 86.8 cm³/mol. The van der Waals surface area contributed by atoms with Gasteiger partial charge in [0.25, 0.3) is 0 Å². The van der Waals surface area contributed by atoms with Gasteiger partial charge in [-0.15, -0.1) is 0 Å². The molecule has 2 aromatic carbocycles. The predicted octanol–water partition coefficient (Wildman–Crippen LogP) is 4.12. The van der Waals surface area contributed by atoms with Gasteiger partial charge in [-0.05, 0) is 61.7 Å². The molecule has 0 spiro atoms. The Labute approximate surface area is 136 Å². The molecule has 1 atom stereocenters. The number of benzene rings is 2.